The Morgan fingerprint density at radius 2 is 2.04 bits per heavy atom. The molecule has 3 amide bonds. The number of thiazole rings is 1. The molecule has 0 unspecified atom stereocenters. The Balaban J connectivity index is 1.24. The molecule has 0 bridgehead atoms. The van der Waals surface area contributed by atoms with Gasteiger partial charge in [0.15, 0.2) is 0 Å². The number of nitrogens with zero attached hydrogens (tertiary/aromatic N) is 2. The van der Waals surface area contributed by atoms with Crippen LogP contribution in [-0.4, -0.2) is 39.9 Å². The number of hydrogen-bond donors (Lipinski definition) is 1. The molecule has 0 radical (unpaired) electrons. The van der Waals surface area contributed by atoms with E-state index in [0.29, 0.717) is 19.3 Å². The van der Waals surface area contributed by atoms with E-state index >= 15 is 0 Å². The average molecular weight is 387 g/mol. The Morgan fingerprint density at radius 1 is 1.26 bits per heavy atom. The average Bonchev–Trinajstić information content (AvgIpc) is 3.34. The third-order valence-corrected chi connectivity index (χ3v) is 6.17. The highest BCUT2D eigenvalue weighted by Gasteiger charge is 2.52. The van der Waals surface area contributed by atoms with Crippen LogP contribution >= 0.6 is 11.3 Å². The first kappa shape index (κ1) is 17.9. The zero-order chi connectivity index (χ0) is 18.9. The Morgan fingerprint density at radius 3 is 2.81 bits per heavy atom. The monoisotopic (exact) mass is 387 g/mol. The minimum atomic E-state index is -0.690. The summed E-state index contributed by atoms with van der Waals surface area (Å²) in [6.45, 7) is 0.382. The number of ether oxygens (including phenoxy) is 1. The van der Waals surface area contributed by atoms with E-state index in [4.69, 9.17) is 4.74 Å². The van der Waals surface area contributed by atoms with Crippen molar-refractivity contribution in [3.8, 4) is 0 Å². The summed E-state index contributed by atoms with van der Waals surface area (Å²) in [6, 6.07) is 7.43. The number of para-hydroxylation sites is 1. The van der Waals surface area contributed by atoms with E-state index in [1.807, 2.05) is 24.3 Å². The van der Waals surface area contributed by atoms with E-state index in [0.717, 1.165) is 28.1 Å². The van der Waals surface area contributed by atoms with Crippen LogP contribution in [0.25, 0.3) is 10.2 Å². The topological polar surface area (TPSA) is 88.6 Å². The summed E-state index contributed by atoms with van der Waals surface area (Å²) in [5, 5.41) is 3.59. The van der Waals surface area contributed by atoms with E-state index in [-0.39, 0.29) is 37.5 Å². The minimum Gasteiger partial charge on any atom is -0.458 e. The summed E-state index contributed by atoms with van der Waals surface area (Å²) < 4.78 is 6.33. The second-order valence-electron chi connectivity index (χ2n) is 7.02. The van der Waals surface area contributed by atoms with Crippen LogP contribution in [0.5, 0.6) is 0 Å². The molecule has 27 heavy (non-hydrogen) atoms. The molecule has 2 aliphatic rings. The number of aromatic nitrogens is 1. The lowest BCUT2D eigenvalue weighted by Gasteiger charge is -2.19. The van der Waals surface area contributed by atoms with Gasteiger partial charge in [-0.25, -0.2) is 9.78 Å². The Bertz CT molecular complexity index is 855. The zero-order valence-corrected chi connectivity index (χ0v) is 15.7. The normalized spacial score (nSPS) is 18.4. The summed E-state index contributed by atoms with van der Waals surface area (Å²) >= 11 is 1.50. The van der Waals surface area contributed by atoms with Gasteiger partial charge in [-0.1, -0.05) is 25.0 Å². The Hall–Kier alpha value is -2.48. The number of hydrogen-bond acceptors (Lipinski definition) is 6. The van der Waals surface area contributed by atoms with Gasteiger partial charge in [0, 0.05) is 13.0 Å². The summed E-state index contributed by atoms with van der Waals surface area (Å²) in [5.41, 5.74) is 0.206. The molecule has 1 spiro atoms. The lowest BCUT2D eigenvalue weighted by Crippen LogP contribution is -2.44. The molecule has 1 aromatic carbocycles. The molecule has 4 rings (SSSR count). The summed E-state index contributed by atoms with van der Waals surface area (Å²) in [5.74, 6) is -0.496. The van der Waals surface area contributed by atoms with Crippen molar-refractivity contribution < 1.29 is 19.1 Å². The smallest absolute Gasteiger partial charge is 0.325 e. The van der Waals surface area contributed by atoms with Crippen LogP contribution in [0.4, 0.5) is 4.79 Å². The van der Waals surface area contributed by atoms with Crippen LogP contribution in [0.1, 0.15) is 43.5 Å². The highest BCUT2D eigenvalue weighted by atomic mass is 32.1. The Kier molecular flexibility index (Phi) is 4.82. The van der Waals surface area contributed by atoms with Crippen LogP contribution in [0.15, 0.2) is 24.3 Å². The number of carbonyl (C=O) groups is 3. The third kappa shape index (κ3) is 3.53. The van der Waals surface area contributed by atoms with Crippen molar-refractivity contribution in [2.75, 3.05) is 6.54 Å². The number of urea groups is 1. The first-order valence-corrected chi connectivity index (χ1v) is 10.0. The molecular formula is C19H21N3O4S. The van der Waals surface area contributed by atoms with Gasteiger partial charge < -0.3 is 10.1 Å². The standard InChI is InChI=1S/C19H21N3O4S/c23-16(26-12-15-20-13-6-1-2-7-14(13)27-15)8-5-11-22-17(24)19(21-18(22)25)9-3-4-10-19/h1-2,6-7H,3-5,8-12H2,(H,21,25). The van der Waals surface area contributed by atoms with Gasteiger partial charge in [0.05, 0.1) is 10.2 Å². The molecule has 2 heterocycles. The number of amides is 3. The van der Waals surface area contributed by atoms with Crippen molar-refractivity contribution in [1.82, 2.24) is 15.2 Å². The van der Waals surface area contributed by atoms with Gasteiger partial charge in [0.2, 0.25) is 0 Å². The fourth-order valence-electron chi connectivity index (χ4n) is 3.77. The molecule has 1 aliphatic heterocycles. The van der Waals surface area contributed by atoms with Crippen LogP contribution < -0.4 is 5.32 Å². The van der Waals surface area contributed by atoms with Crippen molar-refractivity contribution in [1.29, 1.82) is 0 Å². The molecule has 142 valence electrons. The van der Waals surface area contributed by atoms with E-state index in [2.05, 4.69) is 10.3 Å². The molecule has 1 saturated heterocycles. The van der Waals surface area contributed by atoms with Gasteiger partial charge in [-0.05, 0) is 31.4 Å². The van der Waals surface area contributed by atoms with Crippen molar-refractivity contribution in [2.45, 2.75) is 50.7 Å². The summed E-state index contributed by atoms with van der Waals surface area (Å²) in [6.07, 6.45) is 3.88. The quantitative estimate of drug-likeness (QED) is 0.608. The van der Waals surface area contributed by atoms with Gasteiger partial charge in [-0.2, -0.15) is 0 Å². The third-order valence-electron chi connectivity index (χ3n) is 5.16. The van der Waals surface area contributed by atoms with Gasteiger partial charge in [-0.15, -0.1) is 11.3 Å². The van der Waals surface area contributed by atoms with Crippen LogP contribution in [-0.2, 0) is 20.9 Å². The summed E-state index contributed by atoms with van der Waals surface area (Å²) in [7, 11) is 0. The molecular weight excluding hydrogens is 366 g/mol. The second-order valence-corrected chi connectivity index (χ2v) is 8.13. The largest absolute Gasteiger partial charge is 0.458 e. The molecule has 2 aromatic rings. The Labute approximate surface area is 160 Å². The highest BCUT2D eigenvalue weighted by molar-refractivity contribution is 7.18. The number of rotatable bonds is 6. The molecule has 8 heteroatoms. The fraction of sp³-hybridized carbons (Fsp3) is 0.474. The number of fused-ring (bicyclic) bond motifs is 1. The molecule has 2 fully saturated rings. The number of carbonyl (C=O) groups excluding carboxylic acids is 3. The maximum Gasteiger partial charge on any atom is 0.325 e. The predicted octanol–water partition coefficient (Wildman–Crippen LogP) is 2.98. The minimum absolute atomic E-state index is 0.143. The number of nitrogens with one attached hydrogen (secondary N) is 1. The fourth-order valence-corrected chi connectivity index (χ4v) is 4.65. The van der Waals surface area contributed by atoms with Gasteiger partial charge in [-0.3, -0.25) is 14.5 Å². The van der Waals surface area contributed by atoms with Crippen LogP contribution in [0, 0.1) is 0 Å². The SMILES string of the molecule is O=C(CCCN1C(=O)NC2(CCCC2)C1=O)OCc1nc2ccccc2s1. The molecule has 1 aromatic heterocycles. The van der Waals surface area contributed by atoms with Gasteiger partial charge in [0.1, 0.15) is 17.2 Å². The zero-order valence-electron chi connectivity index (χ0n) is 14.9. The van der Waals surface area contributed by atoms with Crippen molar-refractivity contribution in [3.63, 3.8) is 0 Å². The van der Waals surface area contributed by atoms with Crippen molar-refractivity contribution in [2.24, 2.45) is 0 Å². The molecule has 7 nitrogen and oxygen atoms in total. The van der Waals surface area contributed by atoms with Crippen molar-refractivity contribution >= 4 is 39.5 Å². The van der Waals surface area contributed by atoms with Gasteiger partial charge in [0.25, 0.3) is 5.91 Å². The molecule has 0 atom stereocenters. The van der Waals surface area contributed by atoms with E-state index in [1.54, 1.807) is 0 Å². The number of imide groups is 1. The highest BCUT2D eigenvalue weighted by Crippen LogP contribution is 2.35. The van der Waals surface area contributed by atoms with Crippen LogP contribution in [0.3, 0.4) is 0 Å². The van der Waals surface area contributed by atoms with Crippen molar-refractivity contribution in [3.05, 3.63) is 29.3 Å². The van der Waals surface area contributed by atoms with Gasteiger partial charge >= 0.3 is 12.0 Å². The molecule has 1 saturated carbocycles. The van der Waals surface area contributed by atoms with E-state index in [9.17, 15) is 14.4 Å². The molecule has 1 aliphatic carbocycles. The maximum atomic E-state index is 12.5. The lowest BCUT2D eigenvalue weighted by atomic mass is 9.98. The summed E-state index contributed by atoms with van der Waals surface area (Å²) in [4.78, 5) is 42.3. The first-order chi connectivity index (χ1) is 13.1. The van der Waals surface area contributed by atoms with E-state index in [1.165, 1.54) is 16.2 Å². The lowest BCUT2D eigenvalue weighted by molar-refractivity contribution is -0.145. The number of esters is 1. The predicted molar refractivity (Wildman–Crippen MR) is 100 cm³/mol. The van der Waals surface area contributed by atoms with E-state index < -0.39 is 5.54 Å². The second kappa shape index (κ2) is 7.26. The van der Waals surface area contributed by atoms with Crippen LogP contribution in [0.2, 0.25) is 0 Å². The molecule has 1 N–H and O–H groups in total. The first-order valence-electron chi connectivity index (χ1n) is 9.22. The maximum absolute atomic E-state index is 12.5. The number of benzene rings is 1.